The molecule has 0 heterocycles. The molecule has 1 rings (SSSR count). The first-order valence-corrected chi connectivity index (χ1v) is 6.66. The zero-order chi connectivity index (χ0) is 15.3. The van der Waals surface area contributed by atoms with E-state index in [1.165, 1.54) is 0 Å². The predicted octanol–water partition coefficient (Wildman–Crippen LogP) is 2.13. The van der Waals surface area contributed by atoms with Gasteiger partial charge in [0.15, 0.2) is 0 Å². The van der Waals surface area contributed by atoms with E-state index >= 15 is 0 Å². The third-order valence-corrected chi connectivity index (χ3v) is 2.83. The van der Waals surface area contributed by atoms with Crippen LogP contribution in [0.1, 0.15) is 19.4 Å². The molecule has 1 N–H and O–H groups in total. The molecule has 1 unspecified atom stereocenters. The zero-order valence-corrected chi connectivity index (χ0v) is 12.7. The number of ether oxygens (including phenoxy) is 1. The highest BCUT2D eigenvalue weighted by Crippen LogP contribution is 2.18. The Morgan fingerprint density at radius 2 is 2.10 bits per heavy atom. The molecule has 0 amide bonds. The molecule has 0 radical (unpaired) electrons. The molecule has 0 aliphatic carbocycles. The van der Waals surface area contributed by atoms with E-state index in [0.29, 0.717) is 22.4 Å². The Bertz CT molecular complexity index is 492. The quantitative estimate of drug-likeness (QED) is 0.375. The number of benzene rings is 1. The third kappa shape index (κ3) is 5.55. The van der Waals surface area contributed by atoms with Crippen LogP contribution in [0.5, 0.6) is 5.75 Å². The Balaban J connectivity index is 2.78. The van der Waals surface area contributed by atoms with Crippen LogP contribution >= 0.6 is 0 Å². The smallest absolute Gasteiger partial charge is 0.338 e. The Kier molecular flexibility index (Phi) is 5.48. The summed E-state index contributed by atoms with van der Waals surface area (Å²) in [7, 11) is 4.11. The molecule has 0 fully saturated rings. The van der Waals surface area contributed by atoms with Crippen LogP contribution in [-0.4, -0.2) is 42.3 Å². The van der Waals surface area contributed by atoms with Gasteiger partial charge in [0.25, 0.3) is 0 Å². The van der Waals surface area contributed by atoms with Crippen molar-refractivity contribution in [2.45, 2.75) is 26.5 Å². The normalized spacial score (nSPS) is 12.8. The molecule has 0 aromatic heterocycles. The van der Waals surface area contributed by atoms with E-state index in [1.807, 2.05) is 18.2 Å². The lowest BCUT2D eigenvalue weighted by Crippen LogP contribution is -2.43. The van der Waals surface area contributed by atoms with Gasteiger partial charge in [-0.15, -0.1) is 0 Å². The lowest BCUT2D eigenvalue weighted by atomic mass is 10.1. The highest BCUT2D eigenvalue weighted by Gasteiger charge is 2.19. The van der Waals surface area contributed by atoms with Gasteiger partial charge in [0.05, 0.1) is 14.1 Å². The maximum Gasteiger partial charge on any atom is 0.338 e. The second-order valence-corrected chi connectivity index (χ2v) is 5.94. The minimum Gasteiger partial charge on any atom is -0.423 e. The first kappa shape index (κ1) is 16.4. The minimum absolute atomic E-state index is 0.352. The average molecular weight is 278 g/mol. The Morgan fingerprint density at radius 1 is 1.45 bits per heavy atom. The van der Waals surface area contributed by atoms with Crippen molar-refractivity contribution >= 4 is 5.97 Å². The number of aliphatic hydroxyl groups is 1. The molecule has 110 valence electrons. The topological polar surface area (TPSA) is 46.5 Å². The largest absolute Gasteiger partial charge is 0.423 e. The summed E-state index contributed by atoms with van der Waals surface area (Å²) in [6, 6.07) is 7.45. The van der Waals surface area contributed by atoms with Crippen molar-refractivity contribution < 1.29 is 19.1 Å². The Hall–Kier alpha value is -1.65. The fraction of sp³-hybridized carbons (Fsp3) is 0.438. The van der Waals surface area contributed by atoms with E-state index in [0.717, 1.165) is 12.1 Å². The molecule has 1 aromatic rings. The zero-order valence-electron chi connectivity index (χ0n) is 12.7. The number of likely N-dealkylation sites (N-methyl/N-ethyl adjacent to an activating group) is 1. The number of hydrogen-bond acceptors (Lipinski definition) is 3. The lowest BCUT2D eigenvalue weighted by molar-refractivity contribution is -0.906. The van der Waals surface area contributed by atoms with Crippen molar-refractivity contribution in [1.29, 1.82) is 0 Å². The van der Waals surface area contributed by atoms with Crippen LogP contribution in [0.4, 0.5) is 0 Å². The third-order valence-electron chi connectivity index (χ3n) is 2.83. The summed E-state index contributed by atoms with van der Waals surface area (Å²) in [5.41, 5.74) is 1.43. The van der Waals surface area contributed by atoms with Crippen molar-refractivity contribution in [1.82, 2.24) is 0 Å². The van der Waals surface area contributed by atoms with Gasteiger partial charge in [0.2, 0.25) is 0 Å². The van der Waals surface area contributed by atoms with Crippen LogP contribution in [0, 0.1) is 0 Å². The lowest BCUT2D eigenvalue weighted by Gasteiger charge is -2.31. The first-order valence-electron chi connectivity index (χ1n) is 6.66. The molecule has 0 saturated heterocycles. The molecule has 0 saturated carbocycles. The number of quaternary nitrogens is 1. The molecule has 0 bridgehead atoms. The second kappa shape index (κ2) is 6.68. The van der Waals surface area contributed by atoms with Crippen molar-refractivity contribution in [3.63, 3.8) is 0 Å². The number of hydrogen-bond donors (Lipinski definition) is 1. The average Bonchev–Trinajstić information content (AvgIpc) is 2.26. The standard InChI is InChI=1S/C16H24NO3/c1-12(2)16(19)20-15-8-6-7-14(9-15)11-17(4,5)10-13(3)18/h6-9,13,18H,1,10-11H2,2-5H3/q+1. The van der Waals surface area contributed by atoms with E-state index in [2.05, 4.69) is 20.7 Å². The Labute approximate surface area is 120 Å². The van der Waals surface area contributed by atoms with Crippen LogP contribution in [0.3, 0.4) is 0 Å². The fourth-order valence-corrected chi connectivity index (χ4v) is 2.18. The van der Waals surface area contributed by atoms with Gasteiger partial charge in [-0.25, -0.2) is 4.79 Å². The Morgan fingerprint density at radius 3 is 2.65 bits per heavy atom. The summed E-state index contributed by atoms with van der Waals surface area (Å²) >= 11 is 0. The maximum atomic E-state index is 11.5. The monoisotopic (exact) mass is 278 g/mol. The van der Waals surface area contributed by atoms with Gasteiger partial charge in [-0.3, -0.25) is 0 Å². The van der Waals surface area contributed by atoms with Crippen molar-refractivity contribution in [2.75, 3.05) is 20.6 Å². The number of rotatable bonds is 6. The summed E-state index contributed by atoms with van der Waals surface area (Å²) in [4.78, 5) is 11.5. The number of aliphatic hydroxyl groups excluding tert-OH is 1. The summed E-state index contributed by atoms with van der Waals surface area (Å²) < 4.78 is 5.88. The molecule has 1 atom stereocenters. The molecular weight excluding hydrogens is 254 g/mol. The number of carbonyl (C=O) groups excluding carboxylic acids is 1. The molecule has 0 aliphatic rings. The van der Waals surface area contributed by atoms with Gasteiger partial charge >= 0.3 is 5.97 Å². The molecular formula is C16H24NO3+. The van der Waals surface area contributed by atoms with E-state index in [1.54, 1.807) is 19.9 Å². The van der Waals surface area contributed by atoms with E-state index < -0.39 is 5.97 Å². The molecule has 20 heavy (non-hydrogen) atoms. The summed E-state index contributed by atoms with van der Waals surface area (Å²) in [5, 5.41) is 9.51. The highest BCUT2D eigenvalue weighted by atomic mass is 16.5. The van der Waals surface area contributed by atoms with Gasteiger partial charge < -0.3 is 14.3 Å². The van der Waals surface area contributed by atoms with Crippen molar-refractivity contribution in [3.05, 3.63) is 42.0 Å². The van der Waals surface area contributed by atoms with Gasteiger partial charge in [0.1, 0.15) is 24.9 Å². The van der Waals surface area contributed by atoms with E-state index in [-0.39, 0.29) is 6.10 Å². The van der Waals surface area contributed by atoms with Crippen molar-refractivity contribution in [3.8, 4) is 5.75 Å². The second-order valence-electron chi connectivity index (χ2n) is 5.94. The SMILES string of the molecule is C=C(C)C(=O)Oc1cccc(C[N+](C)(C)CC(C)O)c1. The minimum atomic E-state index is -0.417. The van der Waals surface area contributed by atoms with Crippen LogP contribution in [0.2, 0.25) is 0 Å². The fourth-order valence-electron chi connectivity index (χ4n) is 2.18. The van der Waals surface area contributed by atoms with Crippen molar-refractivity contribution in [2.24, 2.45) is 0 Å². The summed E-state index contributed by atoms with van der Waals surface area (Å²) in [5.74, 6) is 0.104. The maximum absolute atomic E-state index is 11.5. The first-order chi connectivity index (χ1) is 9.19. The number of nitrogens with zero attached hydrogens (tertiary/aromatic N) is 1. The summed E-state index contributed by atoms with van der Waals surface area (Å²) in [6.07, 6.45) is -0.352. The van der Waals surface area contributed by atoms with Gasteiger partial charge in [-0.05, 0) is 26.0 Å². The number of esters is 1. The van der Waals surface area contributed by atoms with Gasteiger partial charge in [-0.2, -0.15) is 0 Å². The van der Waals surface area contributed by atoms with Crippen LogP contribution in [0.15, 0.2) is 36.4 Å². The van der Waals surface area contributed by atoms with Gasteiger partial charge in [0, 0.05) is 11.1 Å². The molecule has 0 spiro atoms. The molecule has 0 aliphatic heterocycles. The summed E-state index contributed by atoms with van der Waals surface area (Å²) in [6.45, 7) is 8.38. The highest BCUT2D eigenvalue weighted by molar-refractivity contribution is 5.88. The van der Waals surface area contributed by atoms with E-state index in [4.69, 9.17) is 4.74 Å². The number of carbonyl (C=O) groups is 1. The van der Waals surface area contributed by atoms with Crippen LogP contribution < -0.4 is 4.74 Å². The molecule has 1 aromatic carbocycles. The van der Waals surface area contributed by atoms with Crippen LogP contribution in [-0.2, 0) is 11.3 Å². The predicted molar refractivity (Wildman–Crippen MR) is 79.3 cm³/mol. The van der Waals surface area contributed by atoms with E-state index in [9.17, 15) is 9.90 Å². The van der Waals surface area contributed by atoms with Crippen LogP contribution in [0.25, 0.3) is 0 Å². The molecule has 4 nitrogen and oxygen atoms in total. The molecule has 4 heteroatoms. The van der Waals surface area contributed by atoms with Gasteiger partial charge in [-0.1, -0.05) is 18.7 Å².